The molecule has 2 rings (SSSR count). The molecular weight excluding hydrogens is 212 g/mol. The topological polar surface area (TPSA) is 41.1 Å². The van der Waals surface area contributed by atoms with Crippen molar-refractivity contribution in [3.8, 4) is 0 Å². The summed E-state index contributed by atoms with van der Waals surface area (Å²) in [7, 11) is 0. The number of hydrogen-bond acceptors (Lipinski definition) is 2. The first-order valence-electron chi connectivity index (χ1n) is 7.09. The van der Waals surface area contributed by atoms with E-state index >= 15 is 0 Å². The Hall–Kier alpha value is -0.570. The minimum Gasteiger partial charge on any atom is -0.355 e. The van der Waals surface area contributed by atoms with Crippen molar-refractivity contribution < 1.29 is 4.79 Å². The molecule has 0 aromatic carbocycles. The lowest BCUT2D eigenvalue weighted by Crippen LogP contribution is -2.45. The van der Waals surface area contributed by atoms with Crippen LogP contribution < -0.4 is 10.6 Å². The maximum atomic E-state index is 12.3. The van der Waals surface area contributed by atoms with Crippen molar-refractivity contribution in [2.45, 2.75) is 52.4 Å². The highest BCUT2D eigenvalue weighted by molar-refractivity contribution is 5.83. The molecule has 1 saturated heterocycles. The normalized spacial score (nSPS) is 31.6. The van der Waals surface area contributed by atoms with Crippen LogP contribution in [-0.2, 0) is 4.79 Å². The zero-order valence-electron chi connectivity index (χ0n) is 11.3. The highest BCUT2D eigenvalue weighted by Gasteiger charge is 2.40. The minimum atomic E-state index is -0.130. The second-order valence-electron chi connectivity index (χ2n) is 6.26. The predicted octanol–water partition coefficient (Wildman–Crippen LogP) is 2.07. The summed E-state index contributed by atoms with van der Waals surface area (Å²) in [6, 6.07) is 0. The van der Waals surface area contributed by atoms with Crippen molar-refractivity contribution in [2.24, 2.45) is 10.8 Å². The van der Waals surface area contributed by atoms with Crippen LogP contribution in [0.15, 0.2) is 0 Å². The molecule has 0 bridgehead atoms. The summed E-state index contributed by atoms with van der Waals surface area (Å²) in [4.78, 5) is 12.3. The number of carbonyl (C=O) groups excluding carboxylic acids is 1. The van der Waals surface area contributed by atoms with Crippen LogP contribution in [0.3, 0.4) is 0 Å². The molecule has 0 radical (unpaired) electrons. The second kappa shape index (κ2) is 4.97. The van der Waals surface area contributed by atoms with E-state index in [1.165, 1.54) is 25.7 Å². The molecule has 3 nitrogen and oxygen atoms in total. The van der Waals surface area contributed by atoms with Crippen LogP contribution in [-0.4, -0.2) is 25.5 Å². The standard InChI is InChI=1S/C14H26N2O/c1-3-14(8-9-15-11-14)12(17)16-10-13(2)6-4-5-7-13/h15H,3-11H2,1-2H3,(H,16,17). The first kappa shape index (κ1) is 12.9. The summed E-state index contributed by atoms with van der Waals surface area (Å²) in [5.74, 6) is 0.276. The summed E-state index contributed by atoms with van der Waals surface area (Å²) in [5, 5.41) is 6.54. The summed E-state index contributed by atoms with van der Waals surface area (Å²) < 4.78 is 0. The van der Waals surface area contributed by atoms with E-state index in [1.807, 2.05) is 0 Å². The van der Waals surface area contributed by atoms with Crippen molar-refractivity contribution in [3.63, 3.8) is 0 Å². The minimum absolute atomic E-state index is 0.130. The molecule has 2 aliphatic rings. The third-order valence-corrected chi connectivity index (χ3v) is 4.89. The van der Waals surface area contributed by atoms with Gasteiger partial charge in [-0.05, 0) is 37.6 Å². The lowest BCUT2D eigenvalue weighted by Gasteiger charge is -2.29. The van der Waals surface area contributed by atoms with Crippen molar-refractivity contribution in [1.29, 1.82) is 0 Å². The average Bonchev–Trinajstić information content (AvgIpc) is 2.96. The van der Waals surface area contributed by atoms with Gasteiger partial charge in [0.25, 0.3) is 0 Å². The zero-order chi connectivity index (χ0) is 12.4. The van der Waals surface area contributed by atoms with Crippen LogP contribution in [0, 0.1) is 10.8 Å². The van der Waals surface area contributed by atoms with Crippen molar-refractivity contribution >= 4 is 5.91 Å². The van der Waals surface area contributed by atoms with Gasteiger partial charge in [0.05, 0.1) is 5.41 Å². The Bertz CT molecular complexity index is 276. The number of carbonyl (C=O) groups is 1. The van der Waals surface area contributed by atoms with E-state index in [2.05, 4.69) is 24.5 Å². The van der Waals surface area contributed by atoms with Gasteiger partial charge in [-0.2, -0.15) is 0 Å². The smallest absolute Gasteiger partial charge is 0.227 e. The van der Waals surface area contributed by atoms with Gasteiger partial charge in [0, 0.05) is 13.1 Å². The third-order valence-electron chi connectivity index (χ3n) is 4.89. The molecule has 0 aromatic heterocycles. The van der Waals surface area contributed by atoms with E-state index in [0.717, 1.165) is 32.5 Å². The Morgan fingerprint density at radius 2 is 2.00 bits per heavy atom. The Balaban J connectivity index is 1.88. The van der Waals surface area contributed by atoms with E-state index in [-0.39, 0.29) is 11.3 Å². The highest BCUT2D eigenvalue weighted by Crippen LogP contribution is 2.37. The number of nitrogens with one attached hydrogen (secondary N) is 2. The zero-order valence-corrected chi connectivity index (χ0v) is 11.3. The molecule has 0 spiro atoms. The molecule has 2 fully saturated rings. The molecular formula is C14H26N2O. The molecule has 1 unspecified atom stereocenters. The first-order chi connectivity index (χ1) is 8.10. The average molecular weight is 238 g/mol. The van der Waals surface area contributed by atoms with Crippen LogP contribution in [0.1, 0.15) is 52.4 Å². The summed E-state index contributed by atoms with van der Waals surface area (Å²) >= 11 is 0. The van der Waals surface area contributed by atoms with Crippen LogP contribution in [0.4, 0.5) is 0 Å². The Morgan fingerprint density at radius 3 is 2.53 bits per heavy atom. The van der Waals surface area contributed by atoms with E-state index in [1.54, 1.807) is 0 Å². The fourth-order valence-electron chi connectivity index (χ4n) is 3.29. The SMILES string of the molecule is CCC1(C(=O)NCC2(C)CCCC2)CCNC1. The van der Waals surface area contributed by atoms with Gasteiger partial charge < -0.3 is 10.6 Å². The third kappa shape index (κ3) is 2.65. The molecule has 1 saturated carbocycles. The van der Waals surface area contributed by atoms with E-state index in [4.69, 9.17) is 0 Å². The number of amides is 1. The first-order valence-corrected chi connectivity index (χ1v) is 7.09. The fourth-order valence-corrected chi connectivity index (χ4v) is 3.29. The maximum absolute atomic E-state index is 12.3. The number of hydrogen-bond donors (Lipinski definition) is 2. The van der Waals surface area contributed by atoms with Crippen molar-refractivity contribution in [2.75, 3.05) is 19.6 Å². The Morgan fingerprint density at radius 1 is 1.29 bits per heavy atom. The van der Waals surface area contributed by atoms with Gasteiger partial charge in [-0.15, -0.1) is 0 Å². The highest BCUT2D eigenvalue weighted by atomic mass is 16.2. The molecule has 3 heteroatoms. The lowest BCUT2D eigenvalue weighted by atomic mass is 9.82. The molecule has 1 aliphatic carbocycles. The molecule has 98 valence electrons. The summed E-state index contributed by atoms with van der Waals surface area (Å²) in [6.45, 7) is 7.15. The van der Waals surface area contributed by atoms with Crippen LogP contribution in [0.5, 0.6) is 0 Å². The van der Waals surface area contributed by atoms with Crippen LogP contribution in [0.2, 0.25) is 0 Å². The molecule has 2 N–H and O–H groups in total. The molecule has 17 heavy (non-hydrogen) atoms. The van der Waals surface area contributed by atoms with Gasteiger partial charge in [-0.3, -0.25) is 4.79 Å². The second-order valence-corrected chi connectivity index (χ2v) is 6.26. The van der Waals surface area contributed by atoms with E-state index in [9.17, 15) is 4.79 Å². The van der Waals surface area contributed by atoms with Gasteiger partial charge >= 0.3 is 0 Å². The number of rotatable bonds is 4. The predicted molar refractivity (Wildman–Crippen MR) is 69.8 cm³/mol. The lowest BCUT2D eigenvalue weighted by molar-refractivity contribution is -0.130. The Kier molecular flexibility index (Phi) is 3.76. The molecule has 1 heterocycles. The fraction of sp³-hybridized carbons (Fsp3) is 0.929. The van der Waals surface area contributed by atoms with Gasteiger partial charge in [0.1, 0.15) is 0 Å². The van der Waals surface area contributed by atoms with E-state index < -0.39 is 0 Å². The monoisotopic (exact) mass is 238 g/mol. The van der Waals surface area contributed by atoms with Crippen molar-refractivity contribution in [1.82, 2.24) is 10.6 Å². The largest absolute Gasteiger partial charge is 0.355 e. The van der Waals surface area contributed by atoms with E-state index in [0.29, 0.717) is 5.41 Å². The molecule has 1 aliphatic heterocycles. The Labute approximate surface area is 105 Å². The van der Waals surface area contributed by atoms with Gasteiger partial charge in [-0.25, -0.2) is 0 Å². The quantitative estimate of drug-likeness (QED) is 0.787. The summed E-state index contributed by atoms with van der Waals surface area (Å²) in [6.07, 6.45) is 7.13. The van der Waals surface area contributed by atoms with Gasteiger partial charge in [0.15, 0.2) is 0 Å². The molecule has 1 atom stereocenters. The molecule has 0 aromatic rings. The maximum Gasteiger partial charge on any atom is 0.227 e. The summed E-state index contributed by atoms with van der Waals surface area (Å²) in [5.41, 5.74) is 0.228. The van der Waals surface area contributed by atoms with Crippen molar-refractivity contribution in [3.05, 3.63) is 0 Å². The van der Waals surface area contributed by atoms with Gasteiger partial charge in [-0.1, -0.05) is 26.7 Å². The molecule has 1 amide bonds. The van der Waals surface area contributed by atoms with Crippen LogP contribution >= 0.6 is 0 Å². The van der Waals surface area contributed by atoms with Gasteiger partial charge in [0.2, 0.25) is 5.91 Å². The van der Waals surface area contributed by atoms with Crippen LogP contribution in [0.25, 0.3) is 0 Å².